The van der Waals surface area contributed by atoms with E-state index in [2.05, 4.69) is 38.4 Å². The van der Waals surface area contributed by atoms with Gasteiger partial charge in [-0.25, -0.2) is 4.79 Å². The summed E-state index contributed by atoms with van der Waals surface area (Å²) in [7, 11) is -1.29. The second kappa shape index (κ2) is 12.4. The van der Waals surface area contributed by atoms with Gasteiger partial charge in [-0.3, -0.25) is 0 Å². The predicted octanol–water partition coefficient (Wildman–Crippen LogP) is 6.13. The molecule has 0 bridgehead atoms. The zero-order valence-electron chi connectivity index (χ0n) is 23.0. The molecular weight excluding hydrogens is 456 g/mol. The van der Waals surface area contributed by atoms with Crippen molar-refractivity contribution in [2.24, 2.45) is 5.92 Å². The van der Waals surface area contributed by atoms with Gasteiger partial charge in [0.1, 0.15) is 12.2 Å². The zero-order valence-corrected chi connectivity index (χ0v) is 24.0. The first-order valence-electron chi connectivity index (χ1n) is 12.7. The van der Waals surface area contributed by atoms with Gasteiger partial charge in [0.25, 0.3) is 0 Å². The van der Waals surface area contributed by atoms with Crippen LogP contribution in [0.3, 0.4) is 0 Å². The number of carbonyl (C=O) groups is 1. The van der Waals surface area contributed by atoms with E-state index in [1.165, 1.54) is 0 Å². The molecule has 4 atom stereocenters. The molecular formula is C29H44O5Si. The smallest absolute Gasteiger partial charge is 0.338 e. The Bertz CT molecular complexity index is 964. The van der Waals surface area contributed by atoms with Gasteiger partial charge < -0.3 is 19.3 Å². The van der Waals surface area contributed by atoms with Crippen LogP contribution in [0.5, 0.6) is 0 Å². The molecule has 0 aliphatic carbocycles. The fraction of sp³-hybridized carbons (Fsp3) is 0.621. The van der Waals surface area contributed by atoms with E-state index in [0.717, 1.165) is 29.2 Å². The highest BCUT2D eigenvalue weighted by Crippen LogP contribution is 2.32. The Hall–Kier alpha value is -1.91. The fourth-order valence-electron chi connectivity index (χ4n) is 3.99. The van der Waals surface area contributed by atoms with Crippen LogP contribution in [-0.2, 0) is 14.2 Å². The maximum atomic E-state index is 12.9. The minimum atomic E-state index is -1.29. The Morgan fingerprint density at radius 2 is 1.91 bits per heavy atom. The third-order valence-electron chi connectivity index (χ3n) is 6.09. The van der Waals surface area contributed by atoms with E-state index >= 15 is 0 Å². The van der Waals surface area contributed by atoms with E-state index in [0.29, 0.717) is 18.6 Å². The molecule has 2 unspecified atom stereocenters. The number of hydrogen-bond donors (Lipinski definition) is 1. The lowest BCUT2D eigenvalue weighted by atomic mass is 9.97. The topological polar surface area (TPSA) is 65.0 Å². The standard InChI is InChI=1S/C29H44O5Si/c1-10-20(2)14-15-24(30)27-25(33-29(5,6)34-27)13-11-12-23-19-21(3)18-22(4)26(23)28(31)32-16-17-35(7,8)9/h11-12,18-20,24-25,27,30H,10,13,16-17H2,1-9H3/b12-11+/t20-,24?,25-,27?/m0/s1. The summed E-state index contributed by atoms with van der Waals surface area (Å²) in [6.07, 6.45) is 3.55. The first kappa shape index (κ1) is 29.3. The van der Waals surface area contributed by atoms with Crippen LogP contribution < -0.4 is 0 Å². The molecule has 6 heteroatoms. The average molecular weight is 501 g/mol. The lowest BCUT2D eigenvalue weighted by Gasteiger charge is -2.18. The van der Waals surface area contributed by atoms with Crippen molar-refractivity contribution in [2.45, 2.75) is 104 Å². The van der Waals surface area contributed by atoms with Crippen LogP contribution in [-0.4, -0.2) is 49.9 Å². The van der Waals surface area contributed by atoms with Crippen molar-refractivity contribution in [3.8, 4) is 11.8 Å². The summed E-state index contributed by atoms with van der Waals surface area (Å²) < 4.78 is 17.7. The van der Waals surface area contributed by atoms with E-state index in [1.54, 1.807) is 0 Å². The highest BCUT2D eigenvalue weighted by molar-refractivity contribution is 6.76. The summed E-state index contributed by atoms with van der Waals surface area (Å²) in [5.41, 5.74) is 3.41. The lowest BCUT2D eigenvalue weighted by molar-refractivity contribution is -0.151. The van der Waals surface area contributed by atoms with Gasteiger partial charge in [-0.05, 0) is 57.7 Å². The number of ether oxygens (including phenoxy) is 3. The van der Waals surface area contributed by atoms with Gasteiger partial charge in [0.05, 0.1) is 18.3 Å². The van der Waals surface area contributed by atoms with E-state index in [-0.39, 0.29) is 18.0 Å². The molecule has 1 aromatic carbocycles. The molecule has 35 heavy (non-hydrogen) atoms. The molecule has 2 rings (SSSR count). The van der Waals surface area contributed by atoms with Crippen molar-refractivity contribution < 1.29 is 24.1 Å². The first-order valence-corrected chi connectivity index (χ1v) is 16.4. The summed E-state index contributed by atoms with van der Waals surface area (Å²) in [6, 6.07) is 4.94. The van der Waals surface area contributed by atoms with Gasteiger partial charge in [-0.15, -0.1) is 0 Å². The minimum Gasteiger partial charge on any atom is -0.462 e. The van der Waals surface area contributed by atoms with E-state index in [4.69, 9.17) is 14.2 Å². The maximum Gasteiger partial charge on any atom is 0.338 e. The predicted molar refractivity (Wildman–Crippen MR) is 145 cm³/mol. The molecule has 0 aromatic heterocycles. The van der Waals surface area contributed by atoms with Crippen LogP contribution in [0, 0.1) is 31.6 Å². The lowest BCUT2D eigenvalue weighted by Crippen LogP contribution is -2.34. The van der Waals surface area contributed by atoms with Crippen LogP contribution in [0.4, 0.5) is 0 Å². The highest BCUT2D eigenvalue weighted by Gasteiger charge is 2.43. The van der Waals surface area contributed by atoms with Crippen molar-refractivity contribution in [3.05, 3.63) is 40.5 Å². The Kier molecular flexibility index (Phi) is 10.4. The number of aliphatic hydroxyl groups excluding tert-OH is 1. The zero-order chi connectivity index (χ0) is 26.4. The number of rotatable bonds is 9. The largest absolute Gasteiger partial charge is 0.462 e. The summed E-state index contributed by atoms with van der Waals surface area (Å²) >= 11 is 0. The van der Waals surface area contributed by atoms with Crippen LogP contribution >= 0.6 is 0 Å². The first-order chi connectivity index (χ1) is 16.2. The molecule has 1 fully saturated rings. The molecule has 1 aliphatic heterocycles. The maximum absolute atomic E-state index is 12.9. The van der Waals surface area contributed by atoms with Gasteiger partial charge in [-0.1, -0.05) is 75.2 Å². The van der Waals surface area contributed by atoms with Crippen molar-refractivity contribution in [1.82, 2.24) is 0 Å². The second-order valence-corrected chi connectivity index (χ2v) is 16.9. The third-order valence-corrected chi connectivity index (χ3v) is 7.79. The van der Waals surface area contributed by atoms with Crippen LogP contribution in [0.2, 0.25) is 25.7 Å². The van der Waals surface area contributed by atoms with E-state index in [9.17, 15) is 9.90 Å². The van der Waals surface area contributed by atoms with Crippen molar-refractivity contribution in [3.63, 3.8) is 0 Å². The average Bonchev–Trinajstić information content (AvgIpc) is 3.04. The molecule has 1 saturated heterocycles. The Balaban J connectivity index is 2.19. The number of aliphatic hydroxyl groups is 1. The van der Waals surface area contributed by atoms with Crippen molar-refractivity contribution in [2.75, 3.05) is 6.61 Å². The Labute approximate surface area is 213 Å². The van der Waals surface area contributed by atoms with Gasteiger partial charge in [0, 0.05) is 14.0 Å². The number of hydrogen-bond acceptors (Lipinski definition) is 5. The molecule has 0 spiro atoms. The van der Waals surface area contributed by atoms with Crippen LogP contribution in [0.15, 0.2) is 18.2 Å². The van der Waals surface area contributed by atoms with Crippen LogP contribution in [0.25, 0.3) is 6.08 Å². The monoisotopic (exact) mass is 500 g/mol. The minimum absolute atomic E-state index is 0.215. The molecule has 1 aromatic rings. The van der Waals surface area contributed by atoms with Crippen molar-refractivity contribution >= 4 is 20.1 Å². The SMILES string of the molecule is CC[C@H](C)C#CC(O)C1OC(C)(C)O[C@H]1C/C=C/c1cc(C)cc(C)c1C(=O)OCC[Si](C)(C)C. The second-order valence-electron chi connectivity index (χ2n) is 11.3. The number of carbonyl (C=O) groups excluding carboxylic acids is 1. The van der Waals surface area contributed by atoms with E-state index < -0.39 is 26.1 Å². The Morgan fingerprint density at radius 3 is 2.54 bits per heavy atom. The Morgan fingerprint density at radius 1 is 1.23 bits per heavy atom. The number of esters is 1. The molecule has 1 heterocycles. The van der Waals surface area contributed by atoms with Gasteiger partial charge >= 0.3 is 5.97 Å². The molecule has 1 N–H and O–H groups in total. The van der Waals surface area contributed by atoms with Crippen molar-refractivity contribution in [1.29, 1.82) is 0 Å². The summed E-state index contributed by atoms with van der Waals surface area (Å²) in [5, 5.41) is 10.7. The summed E-state index contributed by atoms with van der Waals surface area (Å²) in [6.45, 7) is 19.0. The molecule has 0 radical (unpaired) electrons. The van der Waals surface area contributed by atoms with E-state index in [1.807, 2.05) is 58.9 Å². The normalized spacial score (nSPS) is 21.4. The summed E-state index contributed by atoms with van der Waals surface area (Å²) in [4.78, 5) is 12.9. The molecule has 5 nitrogen and oxygen atoms in total. The molecule has 0 saturated carbocycles. The van der Waals surface area contributed by atoms with Gasteiger partial charge in [0.15, 0.2) is 5.79 Å². The highest BCUT2D eigenvalue weighted by atomic mass is 28.3. The fourth-order valence-corrected chi connectivity index (χ4v) is 4.70. The van der Waals surface area contributed by atoms with Gasteiger partial charge in [0.2, 0.25) is 0 Å². The van der Waals surface area contributed by atoms with Crippen LogP contribution in [0.1, 0.15) is 67.6 Å². The molecule has 1 aliphatic rings. The summed E-state index contributed by atoms with van der Waals surface area (Å²) in [5.74, 6) is 5.17. The number of benzene rings is 1. The molecule has 194 valence electrons. The third kappa shape index (κ3) is 9.23. The molecule has 0 amide bonds. The van der Waals surface area contributed by atoms with Gasteiger partial charge in [-0.2, -0.15) is 0 Å². The quantitative estimate of drug-likeness (QED) is 0.251. The number of aryl methyl sites for hydroxylation is 2.